The predicted molar refractivity (Wildman–Crippen MR) is 85.0 cm³/mol. The van der Waals surface area contributed by atoms with Crippen LogP contribution in [0.1, 0.15) is 20.9 Å². The summed E-state index contributed by atoms with van der Waals surface area (Å²) in [5.74, 6) is 0. The van der Waals surface area contributed by atoms with Crippen LogP contribution < -0.4 is 5.32 Å². The van der Waals surface area contributed by atoms with Gasteiger partial charge < -0.3 is 5.32 Å². The molecule has 90 valence electrons. The number of halogens is 1. The van der Waals surface area contributed by atoms with E-state index in [4.69, 9.17) is 0 Å². The largest absolute Gasteiger partial charge is 0.381 e. The van der Waals surface area contributed by atoms with E-state index in [9.17, 15) is 0 Å². The molecule has 0 spiro atoms. The fraction of sp³-hybridized carbons (Fsp3) is 0.286. The van der Waals surface area contributed by atoms with E-state index in [1.807, 2.05) is 11.3 Å². The zero-order valence-electron chi connectivity index (χ0n) is 10.3. The summed E-state index contributed by atoms with van der Waals surface area (Å²) in [6, 6.07) is 8.77. The minimum absolute atomic E-state index is 0.914. The van der Waals surface area contributed by atoms with Crippen LogP contribution in [-0.2, 0) is 6.54 Å². The van der Waals surface area contributed by atoms with Crippen molar-refractivity contribution in [2.45, 2.75) is 27.3 Å². The fourth-order valence-corrected chi connectivity index (χ4v) is 3.47. The maximum atomic E-state index is 3.51. The van der Waals surface area contributed by atoms with Crippen molar-refractivity contribution in [3.8, 4) is 0 Å². The van der Waals surface area contributed by atoms with E-state index in [0.29, 0.717) is 0 Å². The average molecular weight is 357 g/mol. The van der Waals surface area contributed by atoms with Gasteiger partial charge in [-0.25, -0.2) is 0 Å². The molecule has 1 nitrogen and oxygen atoms in total. The zero-order chi connectivity index (χ0) is 12.4. The van der Waals surface area contributed by atoms with Crippen LogP contribution in [0.15, 0.2) is 24.3 Å². The molecule has 2 rings (SSSR count). The second kappa shape index (κ2) is 5.40. The van der Waals surface area contributed by atoms with Gasteiger partial charge in [-0.1, -0.05) is 0 Å². The molecule has 2 aromatic rings. The summed E-state index contributed by atoms with van der Waals surface area (Å²) >= 11 is 4.21. The van der Waals surface area contributed by atoms with Gasteiger partial charge in [-0.3, -0.25) is 0 Å². The molecule has 0 radical (unpaired) electrons. The first-order valence-electron chi connectivity index (χ1n) is 5.62. The third-order valence-corrected chi connectivity index (χ3v) is 4.48. The number of nitrogens with one attached hydrogen (secondary N) is 1. The molecule has 0 unspecified atom stereocenters. The van der Waals surface area contributed by atoms with E-state index in [-0.39, 0.29) is 0 Å². The Bertz CT molecular complexity index is 531. The van der Waals surface area contributed by atoms with E-state index in [0.717, 1.165) is 6.54 Å². The molecule has 0 saturated heterocycles. The lowest BCUT2D eigenvalue weighted by atomic mass is 10.2. The molecular formula is C14H16INS. The van der Waals surface area contributed by atoms with E-state index in [1.54, 1.807) is 0 Å². The molecule has 0 amide bonds. The second-order valence-corrected chi connectivity index (χ2v) is 6.96. The SMILES string of the molecule is Cc1cc(CNc2ccc(I)cc2C)c(C)s1. The Kier molecular flexibility index (Phi) is 4.09. The average Bonchev–Trinajstić information content (AvgIpc) is 2.56. The Morgan fingerprint density at radius 1 is 1.18 bits per heavy atom. The van der Waals surface area contributed by atoms with Gasteiger partial charge in [-0.15, -0.1) is 11.3 Å². The highest BCUT2D eigenvalue weighted by molar-refractivity contribution is 14.1. The fourth-order valence-electron chi connectivity index (χ4n) is 1.87. The topological polar surface area (TPSA) is 12.0 Å². The van der Waals surface area contributed by atoms with Gasteiger partial charge in [0.15, 0.2) is 0 Å². The van der Waals surface area contributed by atoms with Gasteiger partial charge >= 0.3 is 0 Å². The van der Waals surface area contributed by atoms with Crippen LogP contribution in [0, 0.1) is 24.3 Å². The van der Waals surface area contributed by atoms with Gasteiger partial charge in [0.2, 0.25) is 0 Å². The molecule has 0 atom stereocenters. The quantitative estimate of drug-likeness (QED) is 0.772. The van der Waals surface area contributed by atoms with Crippen molar-refractivity contribution in [2.75, 3.05) is 5.32 Å². The summed E-state index contributed by atoms with van der Waals surface area (Å²) in [5.41, 5.74) is 3.95. The lowest BCUT2D eigenvalue weighted by Gasteiger charge is -2.09. The van der Waals surface area contributed by atoms with Crippen LogP contribution in [0.4, 0.5) is 5.69 Å². The standard InChI is InChI=1S/C14H16INS/c1-9-6-13(15)4-5-14(9)16-8-12-7-10(2)17-11(12)3/h4-7,16H,8H2,1-3H3. The van der Waals surface area contributed by atoms with E-state index < -0.39 is 0 Å². The lowest BCUT2D eigenvalue weighted by molar-refractivity contribution is 1.13. The molecule has 3 heteroatoms. The number of aryl methyl sites for hydroxylation is 3. The smallest absolute Gasteiger partial charge is 0.0411 e. The van der Waals surface area contributed by atoms with Crippen LogP contribution in [0.25, 0.3) is 0 Å². The molecule has 0 fully saturated rings. The Labute approximate surface area is 120 Å². The molecule has 1 N–H and O–H groups in total. The summed E-state index contributed by atoms with van der Waals surface area (Å²) in [5, 5.41) is 3.51. The van der Waals surface area contributed by atoms with Gasteiger partial charge in [0.1, 0.15) is 0 Å². The van der Waals surface area contributed by atoms with Crippen molar-refractivity contribution in [1.82, 2.24) is 0 Å². The van der Waals surface area contributed by atoms with Crippen LogP contribution >= 0.6 is 33.9 Å². The molecule has 0 aliphatic rings. The van der Waals surface area contributed by atoms with Gasteiger partial charge in [0, 0.05) is 25.6 Å². The molecule has 1 heterocycles. The summed E-state index contributed by atoms with van der Waals surface area (Å²) < 4.78 is 1.29. The third kappa shape index (κ3) is 3.22. The first kappa shape index (κ1) is 12.9. The Morgan fingerprint density at radius 2 is 1.94 bits per heavy atom. The van der Waals surface area contributed by atoms with Crippen molar-refractivity contribution in [1.29, 1.82) is 0 Å². The second-order valence-electron chi connectivity index (χ2n) is 4.25. The first-order valence-corrected chi connectivity index (χ1v) is 7.51. The number of rotatable bonds is 3. The highest BCUT2D eigenvalue weighted by Crippen LogP contribution is 2.23. The summed E-state index contributed by atoms with van der Waals surface area (Å²) in [6.07, 6.45) is 0. The van der Waals surface area contributed by atoms with Gasteiger partial charge in [-0.05, 0) is 78.8 Å². The number of anilines is 1. The maximum absolute atomic E-state index is 3.51. The molecule has 1 aromatic carbocycles. The minimum atomic E-state index is 0.914. The third-order valence-electron chi connectivity index (χ3n) is 2.80. The van der Waals surface area contributed by atoms with Crippen molar-refractivity contribution >= 4 is 39.6 Å². The van der Waals surface area contributed by atoms with E-state index in [1.165, 1.54) is 30.1 Å². The molecule has 0 saturated carbocycles. The molecule has 0 aliphatic heterocycles. The molecule has 1 aromatic heterocycles. The highest BCUT2D eigenvalue weighted by Gasteiger charge is 2.03. The van der Waals surface area contributed by atoms with Gasteiger partial charge in [0.05, 0.1) is 0 Å². The first-order chi connectivity index (χ1) is 8.06. The summed E-state index contributed by atoms with van der Waals surface area (Å²) in [4.78, 5) is 2.80. The summed E-state index contributed by atoms with van der Waals surface area (Å²) in [7, 11) is 0. The van der Waals surface area contributed by atoms with Crippen molar-refractivity contribution in [3.63, 3.8) is 0 Å². The monoisotopic (exact) mass is 357 g/mol. The Hall–Kier alpha value is -0.550. The number of thiophene rings is 1. The maximum Gasteiger partial charge on any atom is 0.0411 e. The number of benzene rings is 1. The highest BCUT2D eigenvalue weighted by atomic mass is 127. The van der Waals surface area contributed by atoms with E-state index in [2.05, 4.69) is 72.9 Å². The zero-order valence-corrected chi connectivity index (χ0v) is 13.3. The van der Waals surface area contributed by atoms with E-state index >= 15 is 0 Å². The minimum Gasteiger partial charge on any atom is -0.381 e. The number of hydrogen-bond donors (Lipinski definition) is 1. The van der Waals surface area contributed by atoms with Gasteiger partial charge in [0.25, 0.3) is 0 Å². The molecular weight excluding hydrogens is 341 g/mol. The summed E-state index contributed by atoms with van der Waals surface area (Å²) in [6.45, 7) is 7.42. The molecule has 0 bridgehead atoms. The van der Waals surface area contributed by atoms with Crippen molar-refractivity contribution in [2.24, 2.45) is 0 Å². The normalized spacial score (nSPS) is 10.6. The van der Waals surface area contributed by atoms with Crippen LogP contribution in [0.3, 0.4) is 0 Å². The van der Waals surface area contributed by atoms with Crippen LogP contribution in [0.5, 0.6) is 0 Å². The Balaban J connectivity index is 2.10. The predicted octanol–water partition coefficient (Wildman–Crippen LogP) is 4.89. The molecule has 0 aliphatic carbocycles. The molecule has 17 heavy (non-hydrogen) atoms. The van der Waals surface area contributed by atoms with Crippen LogP contribution in [-0.4, -0.2) is 0 Å². The van der Waals surface area contributed by atoms with Gasteiger partial charge in [-0.2, -0.15) is 0 Å². The number of hydrogen-bond acceptors (Lipinski definition) is 2. The van der Waals surface area contributed by atoms with Crippen molar-refractivity contribution < 1.29 is 0 Å². The van der Waals surface area contributed by atoms with Crippen molar-refractivity contribution in [3.05, 3.63) is 48.7 Å². The lowest BCUT2D eigenvalue weighted by Crippen LogP contribution is -2.01. The Morgan fingerprint density at radius 3 is 2.53 bits per heavy atom. The van der Waals surface area contributed by atoms with Crippen LogP contribution in [0.2, 0.25) is 0 Å².